The van der Waals surface area contributed by atoms with Gasteiger partial charge in [0.1, 0.15) is 0 Å². The van der Waals surface area contributed by atoms with Crippen LogP contribution < -0.4 is 5.73 Å². The zero-order valence-electron chi connectivity index (χ0n) is 12.8. The average molecular weight is 300 g/mol. The Hall–Kier alpha value is -1.07. The summed E-state index contributed by atoms with van der Waals surface area (Å²) in [6.45, 7) is 8.50. The van der Waals surface area contributed by atoms with Crippen molar-refractivity contribution in [3.8, 4) is 0 Å². The molecule has 0 amide bonds. The summed E-state index contributed by atoms with van der Waals surface area (Å²) in [6.07, 6.45) is 1.03. The molecule has 1 saturated heterocycles. The molecule has 0 radical (unpaired) electrons. The largest absolute Gasteiger partial charge is 0.329 e. The van der Waals surface area contributed by atoms with E-state index in [2.05, 4.69) is 25.7 Å². The number of halogens is 3. The second kappa shape index (κ2) is 5.97. The minimum absolute atomic E-state index is 0.188. The van der Waals surface area contributed by atoms with E-state index in [9.17, 15) is 13.2 Å². The SMILES string of the molecule is CC(C)(C)C1CCN(C(CN)c2cc(F)c(F)c(F)c2)C1. The molecular weight excluding hydrogens is 277 g/mol. The highest BCUT2D eigenvalue weighted by atomic mass is 19.2. The van der Waals surface area contributed by atoms with Gasteiger partial charge < -0.3 is 5.73 Å². The lowest BCUT2D eigenvalue weighted by Gasteiger charge is -2.30. The van der Waals surface area contributed by atoms with Gasteiger partial charge >= 0.3 is 0 Å². The average Bonchev–Trinajstić information content (AvgIpc) is 2.86. The summed E-state index contributed by atoms with van der Waals surface area (Å²) < 4.78 is 39.9. The van der Waals surface area contributed by atoms with Crippen LogP contribution in [0.25, 0.3) is 0 Å². The molecule has 2 rings (SSSR count). The summed E-state index contributed by atoms with van der Waals surface area (Å²) in [4.78, 5) is 2.14. The Bertz CT molecular complexity index is 488. The standard InChI is InChI=1S/C16H23F3N2/c1-16(2,3)11-4-5-21(9-11)14(8-20)10-6-12(17)15(19)13(18)7-10/h6-7,11,14H,4-5,8-9,20H2,1-3H3. The molecule has 1 aliphatic rings. The first-order valence-corrected chi connectivity index (χ1v) is 7.32. The summed E-state index contributed by atoms with van der Waals surface area (Å²) in [5, 5.41) is 0. The van der Waals surface area contributed by atoms with Crippen molar-refractivity contribution in [2.45, 2.75) is 33.2 Å². The Morgan fingerprint density at radius 2 is 1.81 bits per heavy atom. The lowest BCUT2D eigenvalue weighted by Crippen LogP contribution is -2.33. The molecular formula is C16H23F3N2. The number of likely N-dealkylation sites (tertiary alicyclic amines) is 1. The van der Waals surface area contributed by atoms with Crippen LogP contribution >= 0.6 is 0 Å². The Morgan fingerprint density at radius 1 is 1.24 bits per heavy atom. The number of nitrogens with zero attached hydrogens (tertiary/aromatic N) is 1. The molecule has 0 aliphatic carbocycles. The molecule has 2 nitrogen and oxygen atoms in total. The van der Waals surface area contributed by atoms with Crippen LogP contribution in [0, 0.1) is 28.8 Å². The number of rotatable bonds is 3. The quantitative estimate of drug-likeness (QED) is 0.866. The molecule has 0 saturated carbocycles. The van der Waals surface area contributed by atoms with Gasteiger partial charge in [-0.15, -0.1) is 0 Å². The summed E-state index contributed by atoms with van der Waals surface area (Å²) in [6, 6.07) is 1.84. The Kier molecular flexibility index (Phi) is 4.63. The number of nitrogens with two attached hydrogens (primary N) is 1. The second-order valence-corrected chi connectivity index (χ2v) is 6.90. The number of benzene rings is 1. The summed E-state index contributed by atoms with van der Waals surface area (Å²) in [7, 11) is 0. The fourth-order valence-electron chi connectivity index (χ4n) is 3.04. The maximum atomic E-state index is 13.4. The lowest BCUT2D eigenvalue weighted by atomic mass is 9.80. The minimum atomic E-state index is -1.43. The minimum Gasteiger partial charge on any atom is -0.329 e. The first-order valence-electron chi connectivity index (χ1n) is 7.32. The highest BCUT2D eigenvalue weighted by Crippen LogP contribution is 2.37. The van der Waals surface area contributed by atoms with Crippen LogP contribution in [0.3, 0.4) is 0 Å². The Labute approximate surface area is 124 Å². The van der Waals surface area contributed by atoms with Gasteiger partial charge in [0, 0.05) is 19.1 Å². The zero-order valence-corrected chi connectivity index (χ0v) is 12.8. The van der Waals surface area contributed by atoms with Crippen molar-refractivity contribution in [3.63, 3.8) is 0 Å². The van der Waals surface area contributed by atoms with E-state index < -0.39 is 17.5 Å². The van der Waals surface area contributed by atoms with Gasteiger partial charge in [0.15, 0.2) is 17.5 Å². The van der Waals surface area contributed by atoms with Gasteiger partial charge in [-0.3, -0.25) is 4.90 Å². The third-order valence-electron chi connectivity index (χ3n) is 4.50. The van der Waals surface area contributed by atoms with Crippen LogP contribution in [-0.2, 0) is 0 Å². The highest BCUT2D eigenvalue weighted by molar-refractivity contribution is 5.23. The molecule has 5 heteroatoms. The maximum absolute atomic E-state index is 13.4. The van der Waals surface area contributed by atoms with E-state index in [0.29, 0.717) is 11.5 Å². The van der Waals surface area contributed by atoms with E-state index in [1.807, 2.05) is 0 Å². The first kappa shape index (κ1) is 16.3. The monoisotopic (exact) mass is 300 g/mol. The van der Waals surface area contributed by atoms with Gasteiger partial charge in [-0.05, 0) is 42.0 Å². The topological polar surface area (TPSA) is 29.3 Å². The van der Waals surface area contributed by atoms with Gasteiger partial charge in [0.25, 0.3) is 0 Å². The molecule has 2 unspecified atom stereocenters. The molecule has 0 aromatic heterocycles. The van der Waals surface area contributed by atoms with Crippen molar-refractivity contribution in [2.75, 3.05) is 19.6 Å². The molecule has 21 heavy (non-hydrogen) atoms. The van der Waals surface area contributed by atoms with Crippen molar-refractivity contribution in [2.24, 2.45) is 17.1 Å². The molecule has 0 bridgehead atoms. The molecule has 1 aromatic carbocycles. The van der Waals surface area contributed by atoms with E-state index in [1.165, 1.54) is 0 Å². The van der Waals surface area contributed by atoms with Crippen molar-refractivity contribution < 1.29 is 13.2 Å². The van der Waals surface area contributed by atoms with Gasteiger partial charge in [0.2, 0.25) is 0 Å². The maximum Gasteiger partial charge on any atom is 0.194 e. The molecule has 118 valence electrons. The normalized spacial score (nSPS) is 21.8. The third-order valence-corrected chi connectivity index (χ3v) is 4.50. The molecule has 1 aromatic rings. The number of hydrogen-bond acceptors (Lipinski definition) is 2. The Balaban J connectivity index is 2.22. The van der Waals surface area contributed by atoms with Crippen LogP contribution in [0.4, 0.5) is 13.2 Å². The second-order valence-electron chi connectivity index (χ2n) is 6.90. The summed E-state index contributed by atoms with van der Waals surface area (Å²) in [5.74, 6) is -3.23. The van der Waals surface area contributed by atoms with Crippen LogP contribution in [0.2, 0.25) is 0 Å². The third kappa shape index (κ3) is 3.40. The molecule has 2 N–H and O–H groups in total. The molecule has 2 atom stereocenters. The van der Waals surface area contributed by atoms with Crippen LogP contribution in [0.15, 0.2) is 12.1 Å². The molecule has 1 heterocycles. The zero-order chi connectivity index (χ0) is 15.8. The highest BCUT2D eigenvalue weighted by Gasteiger charge is 2.35. The van der Waals surface area contributed by atoms with E-state index in [-0.39, 0.29) is 18.0 Å². The van der Waals surface area contributed by atoms with E-state index in [4.69, 9.17) is 5.73 Å². The first-order chi connectivity index (χ1) is 9.74. The summed E-state index contributed by atoms with van der Waals surface area (Å²) in [5.41, 5.74) is 6.39. The fraction of sp³-hybridized carbons (Fsp3) is 0.625. The van der Waals surface area contributed by atoms with Crippen LogP contribution in [-0.4, -0.2) is 24.5 Å². The fourth-order valence-corrected chi connectivity index (χ4v) is 3.04. The molecule has 1 aliphatic heterocycles. The van der Waals surface area contributed by atoms with Crippen molar-refractivity contribution in [3.05, 3.63) is 35.1 Å². The molecule has 1 fully saturated rings. The lowest BCUT2D eigenvalue weighted by molar-refractivity contribution is 0.197. The van der Waals surface area contributed by atoms with Crippen LogP contribution in [0.1, 0.15) is 38.8 Å². The van der Waals surface area contributed by atoms with E-state index in [1.54, 1.807) is 0 Å². The van der Waals surface area contributed by atoms with Crippen molar-refractivity contribution in [1.82, 2.24) is 4.90 Å². The van der Waals surface area contributed by atoms with Crippen LogP contribution in [0.5, 0.6) is 0 Å². The predicted molar refractivity (Wildman–Crippen MR) is 77.2 cm³/mol. The van der Waals surface area contributed by atoms with E-state index >= 15 is 0 Å². The Morgan fingerprint density at radius 3 is 2.24 bits per heavy atom. The van der Waals surface area contributed by atoms with Gasteiger partial charge in [0.05, 0.1) is 0 Å². The van der Waals surface area contributed by atoms with Gasteiger partial charge in [-0.2, -0.15) is 0 Å². The van der Waals surface area contributed by atoms with E-state index in [0.717, 1.165) is 31.6 Å². The van der Waals surface area contributed by atoms with Crippen molar-refractivity contribution >= 4 is 0 Å². The summed E-state index contributed by atoms with van der Waals surface area (Å²) >= 11 is 0. The van der Waals surface area contributed by atoms with Gasteiger partial charge in [-0.25, -0.2) is 13.2 Å². The number of hydrogen-bond donors (Lipinski definition) is 1. The smallest absolute Gasteiger partial charge is 0.194 e. The predicted octanol–water partition coefficient (Wildman–Crippen LogP) is 3.47. The van der Waals surface area contributed by atoms with Crippen molar-refractivity contribution in [1.29, 1.82) is 0 Å². The molecule has 0 spiro atoms. The van der Waals surface area contributed by atoms with Gasteiger partial charge in [-0.1, -0.05) is 20.8 Å².